The average Bonchev–Trinajstić information content (AvgIpc) is 2.14. The molecule has 1 nitrogen and oxygen atoms in total. The summed E-state index contributed by atoms with van der Waals surface area (Å²) in [5.41, 5.74) is 0. The molecule has 0 aromatic carbocycles. The van der Waals surface area contributed by atoms with Crippen molar-refractivity contribution in [3.05, 3.63) is 0 Å². The van der Waals surface area contributed by atoms with E-state index >= 15 is 0 Å². The predicted octanol–water partition coefficient (Wildman–Crippen LogP) is 1.38. The first-order chi connectivity index (χ1) is 3.83. The fraction of sp³-hybridized carbons (Fsp3) is 1.00. The van der Waals surface area contributed by atoms with E-state index in [0.29, 0.717) is 0 Å². The Balaban J connectivity index is 2.22. The normalized spacial score (nSPS) is 38.2. The Hall–Kier alpha value is 0.440. The fourth-order valence-corrected chi connectivity index (χ4v) is 1.65. The maximum absolute atomic E-state index is 3.46. The van der Waals surface area contributed by atoms with Crippen molar-refractivity contribution in [2.24, 2.45) is 5.92 Å². The first-order valence-electron chi connectivity index (χ1n) is 3.12. The first-order valence-corrected chi connectivity index (χ1v) is 4.24. The van der Waals surface area contributed by atoms with Crippen molar-refractivity contribution in [2.75, 3.05) is 11.9 Å². The third-order valence-corrected chi connectivity index (χ3v) is 2.58. The zero-order valence-electron chi connectivity index (χ0n) is 5.15. The number of halogens is 1. The SMILES string of the molecule is CC1CC(CBr)CN1. The van der Waals surface area contributed by atoms with Crippen LogP contribution in [0.25, 0.3) is 0 Å². The molecule has 0 aromatic rings. The number of alkyl halides is 1. The lowest BCUT2D eigenvalue weighted by atomic mass is 10.1. The van der Waals surface area contributed by atoms with Gasteiger partial charge in [0.15, 0.2) is 0 Å². The quantitative estimate of drug-likeness (QED) is 0.598. The zero-order valence-corrected chi connectivity index (χ0v) is 6.74. The summed E-state index contributed by atoms with van der Waals surface area (Å²) in [6.07, 6.45) is 1.34. The largest absolute Gasteiger partial charge is 0.314 e. The molecule has 2 unspecified atom stereocenters. The van der Waals surface area contributed by atoms with E-state index in [9.17, 15) is 0 Å². The lowest BCUT2D eigenvalue weighted by Gasteiger charge is -1.99. The summed E-state index contributed by atoms with van der Waals surface area (Å²) < 4.78 is 0. The van der Waals surface area contributed by atoms with Gasteiger partial charge in [0.25, 0.3) is 0 Å². The fourth-order valence-electron chi connectivity index (χ4n) is 1.15. The molecule has 1 aliphatic rings. The van der Waals surface area contributed by atoms with E-state index in [0.717, 1.165) is 17.3 Å². The minimum absolute atomic E-state index is 0.748. The van der Waals surface area contributed by atoms with Crippen LogP contribution >= 0.6 is 15.9 Å². The molecule has 0 bridgehead atoms. The average molecular weight is 178 g/mol. The second-order valence-corrected chi connectivity index (χ2v) is 3.21. The number of hydrogen-bond acceptors (Lipinski definition) is 1. The van der Waals surface area contributed by atoms with Gasteiger partial charge in [0.2, 0.25) is 0 Å². The van der Waals surface area contributed by atoms with Crippen LogP contribution in [0, 0.1) is 5.92 Å². The van der Waals surface area contributed by atoms with Gasteiger partial charge in [-0.05, 0) is 25.8 Å². The van der Waals surface area contributed by atoms with E-state index in [1.807, 2.05) is 0 Å². The van der Waals surface area contributed by atoms with Crippen molar-refractivity contribution in [3.8, 4) is 0 Å². The minimum Gasteiger partial charge on any atom is -0.314 e. The molecule has 1 saturated heterocycles. The Kier molecular flexibility index (Phi) is 2.32. The molecule has 2 atom stereocenters. The van der Waals surface area contributed by atoms with Gasteiger partial charge in [-0.2, -0.15) is 0 Å². The summed E-state index contributed by atoms with van der Waals surface area (Å²) >= 11 is 3.46. The molecule has 48 valence electrons. The third kappa shape index (κ3) is 1.46. The molecule has 0 saturated carbocycles. The van der Waals surface area contributed by atoms with Crippen LogP contribution in [0.1, 0.15) is 13.3 Å². The molecule has 0 spiro atoms. The van der Waals surface area contributed by atoms with E-state index in [2.05, 4.69) is 28.2 Å². The van der Waals surface area contributed by atoms with Crippen molar-refractivity contribution in [2.45, 2.75) is 19.4 Å². The molecule has 0 radical (unpaired) electrons. The molecule has 8 heavy (non-hydrogen) atoms. The van der Waals surface area contributed by atoms with E-state index in [-0.39, 0.29) is 0 Å². The Bertz CT molecular complexity index is 74.9. The van der Waals surface area contributed by atoms with Crippen LogP contribution in [0.5, 0.6) is 0 Å². The van der Waals surface area contributed by atoms with Crippen molar-refractivity contribution in [1.82, 2.24) is 5.32 Å². The van der Waals surface area contributed by atoms with Crippen LogP contribution in [-0.2, 0) is 0 Å². The first kappa shape index (κ1) is 6.56. The Morgan fingerprint density at radius 3 is 2.75 bits per heavy atom. The van der Waals surface area contributed by atoms with Crippen molar-refractivity contribution < 1.29 is 0 Å². The van der Waals surface area contributed by atoms with Crippen molar-refractivity contribution in [1.29, 1.82) is 0 Å². The maximum Gasteiger partial charge on any atom is 0.00723 e. The molecule has 1 rings (SSSR count). The highest BCUT2D eigenvalue weighted by atomic mass is 79.9. The maximum atomic E-state index is 3.46. The van der Waals surface area contributed by atoms with E-state index in [1.54, 1.807) is 0 Å². The van der Waals surface area contributed by atoms with Crippen LogP contribution in [0.2, 0.25) is 0 Å². The molecular formula is C6H12BrN. The standard InChI is InChI=1S/C6H12BrN/c1-5-2-6(3-7)4-8-5/h5-6,8H,2-4H2,1H3. The van der Waals surface area contributed by atoms with Gasteiger partial charge in [0, 0.05) is 11.4 Å². The van der Waals surface area contributed by atoms with Gasteiger partial charge in [0.05, 0.1) is 0 Å². The summed E-state index contributed by atoms with van der Waals surface area (Å²) in [6, 6.07) is 0.748. The van der Waals surface area contributed by atoms with Crippen LogP contribution in [0.4, 0.5) is 0 Å². The van der Waals surface area contributed by atoms with Crippen molar-refractivity contribution in [3.63, 3.8) is 0 Å². The molecular weight excluding hydrogens is 166 g/mol. The highest BCUT2D eigenvalue weighted by Gasteiger charge is 2.18. The summed E-state index contributed by atoms with van der Waals surface area (Å²) in [5.74, 6) is 0.880. The van der Waals surface area contributed by atoms with Gasteiger partial charge in [-0.25, -0.2) is 0 Å². The Morgan fingerprint density at radius 1 is 1.75 bits per heavy atom. The molecule has 2 heteroatoms. The smallest absolute Gasteiger partial charge is 0.00723 e. The molecule has 1 N–H and O–H groups in total. The summed E-state index contributed by atoms with van der Waals surface area (Å²) in [6.45, 7) is 3.44. The second-order valence-electron chi connectivity index (χ2n) is 2.57. The van der Waals surface area contributed by atoms with Gasteiger partial charge in [-0.3, -0.25) is 0 Å². The number of nitrogens with one attached hydrogen (secondary N) is 1. The molecule has 1 fully saturated rings. The van der Waals surface area contributed by atoms with Crippen LogP contribution in [-0.4, -0.2) is 17.9 Å². The second kappa shape index (κ2) is 2.83. The van der Waals surface area contributed by atoms with Crippen molar-refractivity contribution >= 4 is 15.9 Å². The molecule has 0 aliphatic carbocycles. The number of hydrogen-bond donors (Lipinski definition) is 1. The van der Waals surface area contributed by atoms with E-state index < -0.39 is 0 Å². The molecule has 0 aromatic heterocycles. The van der Waals surface area contributed by atoms with Gasteiger partial charge in [-0.1, -0.05) is 15.9 Å². The van der Waals surface area contributed by atoms with Crippen LogP contribution in [0.3, 0.4) is 0 Å². The van der Waals surface area contributed by atoms with Gasteiger partial charge in [0.1, 0.15) is 0 Å². The van der Waals surface area contributed by atoms with E-state index in [4.69, 9.17) is 0 Å². The zero-order chi connectivity index (χ0) is 5.98. The summed E-state index contributed by atoms with van der Waals surface area (Å²) in [4.78, 5) is 0. The molecule has 1 heterocycles. The molecule has 0 amide bonds. The molecule has 1 aliphatic heterocycles. The summed E-state index contributed by atoms with van der Waals surface area (Å²) in [5, 5.41) is 4.55. The predicted molar refractivity (Wildman–Crippen MR) is 39.4 cm³/mol. The van der Waals surface area contributed by atoms with Gasteiger partial charge < -0.3 is 5.32 Å². The topological polar surface area (TPSA) is 12.0 Å². The minimum atomic E-state index is 0.748. The van der Waals surface area contributed by atoms with Crippen LogP contribution in [0.15, 0.2) is 0 Å². The lowest BCUT2D eigenvalue weighted by Crippen LogP contribution is -2.16. The Morgan fingerprint density at radius 2 is 2.50 bits per heavy atom. The monoisotopic (exact) mass is 177 g/mol. The lowest BCUT2D eigenvalue weighted by molar-refractivity contribution is 0.632. The highest BCUT2D eigenvalue weighted by molar-refractivity contribution is 9.09. The number of rotatable bonds is 1. The van der Waals surface area contributed by atoms with E-state index in [1.165, 1.54) is 13.0 Å². The van der Waals surface area contributed by atoms with Crippen LogP contribution < -0.4 is 5.32 Å². The van der Waals surface area contributed by atoms with Gasteiger partial charge in [-0.15, -0.1) is 0 Å². The van der Waals surface area contributed by atoms with Gasteiger partial charge >= 0.3 is 0 Å². The third-order valence-electron chi connectivity index (χ3n) is 1.66. The highest BCUT2D eigenvalue weighted by Crippen LogP contribution is 2.14. The summed E-state index contributed by atoms with van der Waals surface area (Å²) in [7, 11) is 0. The Labute approximate surface area is 59.0 Å².